The maximum absolute atomic E-state index is 12.3. The van der Waals surface area contributed by atoms with Crippen molar-refractivity contribution in [3.63, 3.8) is 0 Å². The maximum Gasteiger partial charge on any atom is 0.329 e. The number of benzene rings is 1. The third kappa shape index (κ3) is 4.21. The van der Waals surface area contributed by atoms with Crippen LogP contribution in [-0.4, -0.2) is 41.1 Å². The fourth-order valence-corrected chi connectivity index (χ4v) is 2.21. The third-order valence-corrected chi connectivity index (χ3v) is 3.58. The molecule has 0 unspecified atom stereocenters. The molecule has 5 nitrogen and oxygen atoms in total. The molecule has 0 heterocycles. The number of carboxylic acids is 1. The average molecular weight is 293 g/mol. The molecule has 0 fully saturated rings. The van der Waals surface area contributed by atoms with Crippen molar-refractivity contribution >= 4 is 11.9 Å². The van der Waals surface area contributed by atoms with Gasteiger partial charge in [0, 0.05) is 13.0 Å². The Labute approximate surface area is 125 Å². The van der Waals surface area contributed by atoms with Gasteiger partial charge in [0.05, 0.1) is 7.11 Å². The highest BCUT2D eigenvalue weighted by Crippen LogP contribution is 2.18. The van der Waals surface area contributed by atoms with Crippen molar-refractivity contribution in [2.75, 3.05) is 13.7 Å². The number of amides is 1. The van der Waals surface area contributed by atoms with Crippen LogP contribution in [0, 0.1) is 0 Å². The molecule has 0 saturated carbocycles. The van der Waals surface area contributed by atoms with Gasteiger partial charge in [-0.25, -0.2) is 4.79 Å². The molecule has 0 bridgehead atoms. The molecular formula is C16H23NO4. The van der Waals surface area contributed by atoms with E-state index in [2.05, 4.69) is 0 Å². The van der Waals surface area contributed by atoms with E-state index < -0.39 is 11.5 Å². The van der Waals surface area contributed by atoms with Crippen molar-refractivity contribution in [2.45, 2.75) is 39.2 Å². The number of aryl methyl sites for hydroxylation is 1. The normalized spacial score (nSPS) is 11.0. The molecule has 1 N–H and O–H groups in total. The van der Waals surface area contributed by atoms with Crippen LogP contribution in [-0.2, 0) is 16.0 Å². The second-order valence-electron chi connectivity index (χ2n) is 5.35. The molecule has 1 aromatic rings. The molecule has 0 saturated heterocycles. The monoisotopic (exact) mass is 293 g/mol. The Balaban J connectivity index is 2.73. The molecule has 0 atom stereocenters. The topological polar surface area (TPSA) is 66.8 Å². The number of rotatable bonds is 7. The zero-order valence-corrected chi connectivity index (χ0v) is 13.0. The van der Waals surface area contributed by atoms with Gasteiger partial charge in [0.2, 0.25) is 5.91 Å². The van der Waals surface area contributed by atoms with Gasteiger partial charge in [0.25, 0.3) is 0 Å². The molecular weight excluding hydrogens is 270 g/mol. The Morgan fingerprint density at radius 3 is 2.52 bits per heavy atom. The predicted octanol–water partition coefficient (Wildman–Crippen LogP) is 2.34. The molecule has 5 heteroatoms. The number of ether oxygens (including phenoxy) is 1. The number of methoxy groups -OCH3 is 1. The first-order valence-corrected chi connectivity index (χ1v) is 6.99. The number of aliphatic carboxylic acids is 1. The zero-order chi connectivity index (χ0) is 16.0. The van der Waals surface area contributed by atoms with Gasteiger partial charge < -0.3 is 14.7 Å². The Morgan fingerprint density at radius 2 is 2.00 bits per heavy atom. The number of hydrogen-bond acceptors (Lipinski definition) is 3. The van der Waals surface area contributed by atoms with E-state index in [1.165, 1.54) is 4.90 Å². The Hall–Kier alpha value is -2.04. The van der Waals surface area contributed by atoms with Crippen LogP contribution < -0.4 is 4.74 Å². The van der Waals surface area contributed by atoms with Crippen LogP contribution in [0.25, 0.3) is 0 Å². The molecule has 1 aromatic carbocycles. The van der Waals surface area contributed by atoms with Crippen LogP contribution in [0.15, 0.2) is 24.3 Å². The van der Waals surface area contributed by atoms with Crippen LogP contribution in [0.1, 0.15) is 32.8 Å². The number of likely N-dealkylation sites (N-methyl/N-ethyl adjacent to an activating group) is 1. The first-order chi connectivity index (χ1) is 9.82. The number of carbonyl (C=O) groups excluding carboxylic acids is 1. The summed E-state index contributed by atoms with van der Waals surface area (Å²) in [6.45, 7) is 5.24. The lowest BCUT2D eigenvalue weighted by atomic mass is 10.0. The van der Waals surface area contributed by atoms with E-state index in [0.717, 1.165) is 11.3 Å². The highest BCUT2D eigenvalue weighted by Gasteiger charge is 2.36. The van der Waals surface area contributed by atoms with Gasteiger partial charge in [-0.1, -0.05) is 12.1 Å². The van der Waals surface area contributed by atoms with Gasteiger partial charge in [0.1, 0.15) is 11.3 Å². The van der Waals surface area contributed by atoms with Crippen molar-refractivity contribution in [1.82, 2.24) is 4.90 Å². The van der Waals surface area contributed by atoms with Crippen LogP contribution in [0.4, 0.5) is 0 Å². The number of carboxylic acid groups (broad SMARTS) is 1. The van der Waals surface area contributed by atoms with Crippen LogP contribution in [0.2, 0.25) is 0 Å². The molecule has 0 radical (unpaired) electrons. The van der Waals surface area contributed by atoms with Gasteiger partial charge in [-0.2, -0.15) is 0 Å². The largest absolute Gasteiger partial charge is 0.497 e. The fraction of sp³-hybridized carbons (Fsp3) is 0.500. The lowest BCUT2D eigenvalue weighted by Gasteiger charge is -2.34. The highest BCUT2D eigenvalue weighted by atomic mass is 16.5. The molecule has 0 aliphatic carbocycles. The lowest BCUT2D eigenvalue weighted by molar-refractivity contribution is -0.156. The maximum atomic E-state index is 12.3. The van der Waals surface area contributed by atoms with Gasteiger partial charge >= 0.3 is 5.97 Å². The van der Waals surface area contributed by atoms with E-state index >= 15 is 0 Å². The summed E-state index contributed by atoms with van der Waals surface area (Å²) in [7, 11) is 1.60. The zero-order valence-electron chi connectivity index (χ0n) is 13.0. The van der Waals surface area contributed by atoms with Gasteiger partial charge in [-0.05, 0) is 44.9 Å². The molecule has 116 valence electrons. The molecule has 0 aliphatic heterocycles. The van der Waals surface area contributed by atoms with Gasteiger partial charge in [-0.3, -0.25) is 4.79 Å². The van der Waals surface area contributed by atoms with Crippen LogP contribution >= 0.6 is 0 Å². The van der Waals surface area contributed by atoms with E-state index in [-0.39, 0.29) is 12.3 Å². The smallest absolute Gasteiger partial charge is 0.329 e. The molecule has 0 aliphatic rings. The van der Waals surface area contributed by atoms with E-state index in [9.17, 15) is 14.7 Å². The average Bonchev–Trinajstić information content (AvgIpc) is 2.45. The molecule has 0 spiro atoms. The number of hydrogen-bond donors (Lipinski definition) is 1. The predicted molar refractivity (Wildman–Crippen MR) is 80.4 cm³/mol. The first kappa shape index (κ1) is 17.0. The Bertz CT molecular complexity index is 511. The second-order valence-corrected chi connectivity index (χ2v) is 5.35. The SMILES string of the molecule is CCN(C(=O)CCc1cccc(OC)c1)C(C)(C)C(=O)O. The second kappa shape index (κ2) is 7.11. The Kier molecular flexibility index (Phi) is 5.76. The number of carbonyl (C=O) groups is 2. The van der Waals surface area contributed by atoms with Crippen molar-refractivity contribution < 1.29 is 19.4 Å². The van der Waals surface area contributed by atoms with Crippen molar-refractivity contribution in [1.29, 1.82) is 0 Å². The van der Waals surface area contributed by atoms with E-state index in [0.29, 0.717) is 13.0 Å². The van der Waals surface area contributed by atoms with Crippen molar-refractivity contribution in [3.05, 3.63) is 29.8 Å². The standard InChI is InChI=1S/C16H23NO4/c1-5-17(16(2,3)15(19)20)14(18)10-9-12-7-6-8-13(11-12)21-4/h6-8,11H,5,9-10H2,1-4H3,(H,19,20). The summed E-state index contributed by atoms with van der Waals surface area (Å²) in [6.07, 6.45) is 0.833. The van der Waals surface area contributed by atoms with Crippen LogP contribution in [0.3, 0.4) is 0 Å². The van der Waals surface area contributed by atoms with E-state index in [4.69, 9.17) is 4.74 Å². The first-order valence-electron chi connectivity index (χ1n) is 6.99. The number of nitrogens with zero attached hydrogens (tertiary/aromatic N) is 1. The summed E-state index contributed by atoms with van der Waals surface area (Å²) in [5.74, 6) is -0.412. The van der Waals surface area contributed by atoms with E-state index in [1.807, 2.05) is 24.3 Å². The summed E-state index contributed by atoms with van der Waals surface area (Å²) in [5.41, 5.74) is -0.202. The third-order valence-electron chi connectivity index (χ3n) is 3.58. The van der Waals surface area contributed by atoms with Crippen molar-refractivity contribution in [3.8, 4) is 5.75 Å². The highest BCUT2D eigenvalue weighted by molar-refractivity contribution is 5.86. The summed E-state index contributed by atoms with van der Waals surface area (Å²) >= 11 is 0. The summed E-state index contributed by atoms with van der Waals surface area (Å²) < 4.78 is 5.14. The lowest BCUT2D eigenvalue weighted by Crippen LogP contribution is -2.52. The Morgan fingerprint density at radius 1 is 1.33 bits per heavy atom. The van der Waals surface area contributed by atoms with Gasteiger partial charge in [0.15, 0.2) is 0 Å². The van der Waals surface area contributed by atoms with Gasteiger partial charge in [-0.15, -0.1) is 0 Å². The summed E-state index contributed by atoms with van der Waals surface area (Å²) in [6, 6.07) is 7.52. The van der Waals surface area contributed by atoms with Crippen molar-refractivity contribution in [2.24, 2.45) is 0 Å². The minimum absolute atomic E-state index is 0.160. The molecule has 0 aromatic heterocycles. The quantitative estimate of drug-likeness (QED) is 0.838. The van der Waals surface area contributed by atoms with Crippen LogP contribution in [0.5, 0.6) is 5.75 Å². The molecule has 1 amide bonds. The minimum Gasteiger partial charge on any atom is -0.497 e. The summed E-state index contributed by atoms with van der Waals surface area (Å²) in [5, 5.41) is 9.23. The van der Waals surface area contributed by atoms with E-state index in [1.54, 1.807) is 27.9 Å². The molecule has 21 heavy (non-hydrogen) atoms. The summed E-state index contributed by atoms with van der Waals surface area (Å²) in [4.78, 5) is 25.0. The molecule has 1 rings (SSSR count). The minimum atomic E-state index is -1.19. The fourth-order valence-electron chi connectivity index (χ4n) is 2.21.